The normalized spacial score (nSPS) is 10.2. The molecule has 0 fully saturated rings. The second kappa shape index (κ2) is 3.98. The first kappa shape index (κ1) is 9.64. The molecule has 0 amide bonds. The molecule has 0 heterocycles. The van der Waals surface area contributed by atoms with E-state index in [0.717, 1.165) is 0 Å². The van der Waals surface area contributed by atoms with Crippen molar-refractivity contribution >= 4 is 39.8 Å². The number of nitrogens with one attached hydrogen (secondary N) is 1. The van der Waals surface area contributed by atoms with Crippen LogP contribution in [0.4, 0.5) is 5.69 Å². The van der Waals surface area contributed by atoms with Crippen molar-refractivity contribution in [3.63, 3.8) is 0 Å². The second-order valence-electron chi connectivity index (χ2n) is 1.99. The van der Waals surface area contributed by atoms with E-state index in [1.165, 1.54) is 12.1 Å². The monoisotopic (exact) mass is 225 g/mol. The lowest BCUT2D eigenvalue weighted by Gasteiger charge is -2.01. The van der Waals surface area contributed by atoms with Crippen molar-refractivity contribution in [2.75, 3.05) is 4.72 Å². The highest BCUT2D eigenvalue weighted by molar-refractivity contribution is 7.73. The quantitative estimate of drug-likeness (QED) is 0.757. The molecule has 1 aromatic rings. The lowest BCUT2D eigenvalue weighted by Crippen LogP contribution is -1.95. The molecule has 1 rings (SSSR count). The average Bonchev–Trinajstić information content (AvgIpc) is 1.96. The lowest BCUT2D eigenvalue weighted by atomic mass is 10.3. The summed E-state index contributed by atoms with van der Waals surface area (Å²) >= 11 is 11.3. The molecule has 1 aromatic carbocycles. The zero-order valence-corrected chi connectivity index (χ0v) is 8.16. The summed E-state index contributed by atoms with van der Waals surface area (Å²) in [4.78, 5) is 0. The Balaban J connectivity index is 3.05. The third-order valence-electron chi connectivity index (χ3n) is 1.14. The van der Waals surface area contributed by atoms with Gasteiger partial charge in [-0.2, -0.15) is 0 Å². The first-order valence-electron chi connectivity index (χ1n) is 2.95. The number of rotatable bonds is 2. The van der Waals surface area contributed by atoms with Crippen LogP contribution in [-0.2, 0) is 10.9 Å². The molecular formula is C6H5Cl2NO2S. The van der Waals surface area contributed by atoms with Gasteiger partial charge in [-0.25, -0.2) is 8.42 Å². The maximum absolute atomic E-state index is 10.3. The third-order valence-corrected chi connectivity index (χ3v) is 2.13. The van der Waals surface area contributed by atoms with Crippen molar-refractivity contribution < 1.29 is 8.42 Å². The lowest BCUT2D eigenvalue weighted by molar-refractivity contribution is 0.619. The summed E-state index contributed by atoms with van der Waals surface area (Å²) in [6.07, 6.45) is 0. The molecule has 1 N–H and O–H groups in total. The van der Waals surface area contributed by atoms with Crippen LogP contribution in [0.2, 0.25) is 10.0 Å². The fourth-order valence-electron chi connectivity index (χ4n) is 0.682. The molecule has 6 heteroatoms. The standard InChI is InChI=1S/C6H5Cl2NO2S/c7-4-1-2-5(8)6(3-4)9-12(10)11/h1-3,12H,(H,9,10,11). The molecule has 0 aromatic heterocycles. The zero-order valence-electron chi connectivity index (χ0n) is 5.75. The van der Waals surface area contributed by atoms with Crippen LogP contribution in [0.3, 0.4) is 0 Å². The molecule has 12 heavy (non-hydrogen) atoms. The number of hydrogen-bond donors (Lipinski definition) is 2. The van der Waals surface area contributed by atoms with Crippen molar-refractivity contribution in [1.82, 2.24) is 0 Å². The van der Waals surface area contributed by atoms with Crippen LogP contribution in [0.25, 0.3) is 0 Å². The maximum atomic E-state index is 10.3. The fourth-order valence-corrected chi connectivity index (χ4v) is 1.47. The van der Waals surface area contributed by atoms with Gasteiger partial charge in [-0.15, -0.1) is 0 Å². The molecule has 0 atom stereocenters. The topological polar surface area (TPSA) is 46.2 Å². The van der Waals surface area contributed by atoms with E-state index in [1.807, 2.05) is 0 Å². The van der Waals surface area contributed by atoms with Gasteiger partial charge in [0.1, 0.15) is 0 Å². The number of thiol groups is 1. The van der Waals surface area contributed by atoms with Gasteiger partial charge in [0.25, 0.3) is 0 Å². The molecule has 0 aliphatic carbocycles. The maximum Gasteiger partial charge on any atom is 0.222 e. The summed E-state index contributed by atoms with van der Waals surface area (Å²) in [7, 11) is -2.70. The zero-order chi connectivity index (χ0) is 9.14. The highest BCUT2D eigenvalue weighted by Crippen LogP contribution is 2.24. The van der Waals surface area contributed by atoms with E-state index in [0.29, 0.717) is 15.7 Å². The van der Waals surface area contributed by atoms with Crippen LogP contribution >= 0.6 is 23.2 Å². The van der Waals surface area contributed by atoms with Crippen LogP contribution in [-0.4, -0.2) is 8.42 Å². The van der Waals surface area contributed by atoms with Gasteiger partial charge in [0.05, 0.1) is 10.7 Å². The van der Waals surface area contributed by atoms with Crippen LogP contribution in [0, 0.1) is 0 Å². The number of benzene rings is 1. The van der Waals surface area contributed by atoms with E-state index in [2.05, 4.69) is 4.72 Å². The molecule has 0 saturated heterocycles. The molecule has 0 aliphatic rings. The van der Waals surface area contributed by atoms with Crippen LogP contribution in [0.5, 0.6) is 0 Å². The number of hydrogen-bond acceptors (Lipinski definition) is 2. The summed E-state index contributed by atoms with van der Waals surface area (Å²) in [5.41, 5.74) is 0.292. The van der Waals surface area contributed by atoms with Gasteiger partial charge in [-0.05, 0) is 18.2 Å². The Morgan fingerprint density at radius 2 is 1.92 bits per heavy atom. The minimum Gasteiger partial charge on any atom is -0.284 e. The van der Waals surface area contributed by atoms with Gasteiger partial charge in [-0.3, -0.25) is 4.72 Å². The Hall–Kier alpha value is -0.450. The fraction of sp³-hybridized carbons (Fsp3) is 0. The van der Waals surface area contributed by atoms with E-state index in [1.54, 1.807) is 6.07 Å². The average molecular weight is 226 g/mol. The van der Waals surface area contributed by atoms with Gasteiger partial charge < -0.3 is 0 Å². The van der Waals surface area contributed by atoms with Crippen LogP contribution in [0.1, 0.15) is 0 Å². The minimum atomic E-state index is -2.70. The highest BCUT2D eigenvalue weighted by atomic mass is 35.5. The van der Waals surface area contributed by atoms with Gasteiger partial charge in [-0.1, -0.05) is 23.2 Å². The number of anilines is 1. The van der Waals surface area contributed by atoms with Crippen LogP contribution < -0.4 is 4.72 Å². The Bertz CT molecular complexity index is 357. The van der Waals surface area contributed by atoms with Gasteiger partial charge in [0, 0.05) is 5.02 Å². The van der Waals surface area contributed by atoms with E-state index in [9.17, 15) is 8.42 Å². The largest absolute Gasteiger partial charge is 0.284 e. The SMILES string of the molecule is O=[SH](=O)Nc1cc(Cl)ccc1Cl. The van der Waals surface area contributed by atoms with Gasteiger partial charge in [0.15, 0.2) is 0 Å². The van der Waals surface area contributed by atoms with Crippen molar-refractivity contribution in [1.29, 1.82) is 0 Å². The van der Waals surface area contributed by atoms with Crippen molar-refractivity contribution in [3.8, 4) is 0 Å². The molecular weight excluding hydrogens is 221 g/mol. The molecule has 0 radical (unpaired) electrons. The Morgan fingerprint density at radius 3 is 2.50 bits per heavy atom. The number of halogens is 2. The summed E-state index contributed by atoms with van der Waals surface area (Å²) in [5.74, 6) is 0. The summed E-state index contributed by atoms with van der Waals surface area (Å²) in [5, 5.41) is 0.748. The summed E-state index contributed by atoms with van der Waals surface area (Å²) in [6, 6.07) is 4.53. The molecule has 0 spiro atoms. The highest BCUT2D eigenvalue weighted by Gasteiger charge is 2.00. The molecule has 66 valence electrons. The Kier molecular flexibility index (Phi) is 3.20. The summed E-state index contributed by atoms with van der Waals surface area (Å²) in [6.45, 7) is 0. The van der Waals surface area contributed by atoms with E-state index >= 15 is 0 Å². The van der Waals surface area contributed by atoms with Crippen LogP contribution in [0.15, 0.2) is 18.2 Å². The first-order valence-corrected chi connectivity index (χ1v) is 4.89. The van der Waals surface area contributed by atoms with Crippen molar-refractivity contribution in [2.24, 2.45) is 0 Å². The third kappa shape index (κ3) is 2.55. The Morgan fingerprint density at radius 1 is 1.25 bits per heavy atom. The van der Waals surface area contributed by atoms with Gasteiger partial charge in [0.2, 0.25) is 10.9 Å². The smallest absolute Gasteiger partial charge is 0.222 e. The Labute approximate surface area is 81.4 Å². The first-order chi connectivity index (χ1) is 5.59. The van der Waals surface area contributed by atoms with E-state index in [-0.39, 0.29) is 0 Å². The second-order valence-corrected chi connectivity index (χ2v) is 3.57. The predicted molar refractivity (Wildman–Crippen MR) is 50.4 cm³/mol. The molecule has 0 aliphatic heterocycles. The minimum absolute atomic E-state index is 0.292. The molecule has 0 bridgehead atoms. The van der Waals surface area contributed by atoms with Gasteiger partial charge >= 0.3 is 0 Å². The van der Waals surface area contributed by atoms with E-state index < -0.39 is 10.9 Å². The van der Waals surface area contributed by atoms with Crippen molar-refractivity contribution in [3.05, 3.63) is 28.2 Å². The molecule has 0 unspecified atom stereocenters. The predicted octanol–water partition coefficient (Wildman–Crippen LogP) is 1.93. The summed E-state index contributed by atoms with van der Waals surface area (Å²) < 4.78 is 22.7. The van der Waals surface area contributed by atoms with Crippen molar-refractivity contribution in [2.45, 2.75) is 0 Å². The molecule has 3 nitrogen and oxygen atoms in total. The molecule has 0 saturated carbocycles. The van der Waals surface area contributed by atoms with E-state index in [4.69, 9.17) is 23.2 Å².